The first-order valence-electron chi connectivity index (χ1n) is 5.14. The second-order valence-electron chi connectivity index (χ2n) is 3.37. The summed E-state index contributed by atoms with van der Waals surface area (Å²) in [6.45, 7) is 2.02. The minimum absolute atomic E-state index is 0.0333. The van der Waals surface area contributed by atoms with Crippen molar-refractivity contribution < 1.29 is 8.78 Å². The second kappa shape index (κ2) is 6.10. The zero-order valence-electron chi connectivity index (χ0n) is 9.08. The molecule has 0 aliphatic heterocycles. The Morgan fingerprint density at radius 2 is 2.00 bits per heavy atom. The van der Waals surface area contributed by atoms with Crippen LogP contribution in [0.15, 0.2) is 29.3 Å². The number of amidine groups is 1. The number of rotatable bonds is 4. The summed E-state index contributed by atoms with van der Waals surface area (Å²) in [5.41, 5.74) is 0.519. The van der Waals surface area contributed by atoms with Gasteiger partial charge in [-0.25, -0.2) is 13.8 Å². The minimum atomic E-state index is -2.47. The van der Waals surface area contributed by atoms with Crippen LogP contribution < -0.4 is 0 Å². The van der Waals surface area contributed by atoms with E-state index in [-0.39, 0.29) is 11.4 Å². The Bertz CT molecular complexity index is 369. The molecule has 0 bridgehead atoms. The van der Waals surface area contributed by atoms with Gasteiger partial charge >= 0.3 is 0 Å². The van der Waals surface area contributed by atoms with E-state index in [9.17, 15) is 8.78 Å². The van der Waals surface area contributed by atoms with Crippen LogP contribution in [0.4, 0.5) is 8.78 Å². The molecule has 1 aromatic carbocycles. The molecule has 16 heavy (non-hydrogen) atoms. The maximum atomic E-state index is 12.3. The largest absolute Gasteiger partial charge is 0.282 e. The molecule has 4 heteroatoms. The summed E-state index contributed by atoms with van der Waals surface area (Å²) in [5.74, 6) is 0.106. The number of alkyl halides is 2. The number of nitrogens with one attached hydrogen (secondary N) is 1. The molecule has 0 unspecified atom stereocenters. The molecule has 0 radical (unpaired) electrons. The summed E-state index contributed by atoms with van der Waals surface area (Å²) >= 11 is 0. The molecule has 0 saturated carbocycles. The van der Waals surface area contributed by atoms with Gasteiger partial charge in [-0.1, -0.05) is 37.6 Å². The van der Waals surface area contributed by atoms with Crippen LogP contribution in [-0.2, 0) is 0 Å². The Labute approximate surface area is 93.5 Å². The van der Waals surface area contributed by atoms with Crippen molar-refractivity contribution in [3.8, 4) is 0 Å². The SMILES string of the molecule is CCC/C=N\C(=N)c1ccc(C(F)F)cc1. The van der Waals surface area contributed by atoms with Gasteiger partial charge in [-0.05, 0) is 6.42 Å². The topological polar surface area (TPSA) is 36.2 Å². The zero-order valence-corrected chi connectivity index (χ0v) is 9.08. The van der Waals surface area contributed by atoms with Gasteiger partial charge in [0.1, 0.15) is 0 Å². The van der Waals surface area contributed by atoms with E-state index in [4.69, 9.17) is 5.41 Å². The van der Waals surface area contributed by atoms with E-state index < -0.39 is 6.43 Å². The first-order chi connectivity index (χ1) is 7.65. The predicted octanol–water partition coefficient (Wildman–Crippen LogP) is 3.82. The monoisotopic (exact) mass is 224 g/mol. The molecule has 0 saturated heterocycles. The molecule has 0 fully saturated rings. The van der Waals surface area contributed by atoms with Crippen molar-refractivity contribution in [2.75, 3.05) is 0 Å². The molecule has 0 amide bonds. The number of unbranched alkanes of at least 4 members (excludes halogenated alkanes) is 1. The van der Waals surface area contributed by atoms with E-state index in [1.54, 1.807) is 6.21 Å². The Balaban J connectivity index is 2.70. The molecule has 0 heterocycles. The highest BCUT2D eigenvalue weighted by molar-refractivity contribution is 6.00. The van der Waals surface area contributed by atoms with Gasteiger partial charge in [-0.15, -0.1) is 0 Å². The second-order valence-corrected chi connectivity index (χ2v) is 3.37. The smallest absolute Gasteiger partial charge is 0.263 e. The van der Waals surface area contributed by atoms with Crippen molar-refractivity contribution in [1.82, 2.24) is 0 Å². The highest BCUT2D eigenvalue weighted by Gasteiger charge is 2.06. The Morgan fingerprint density at radius 3 is 2.50 bits per heavy atom. The van der Waals surface area contributed by atoms with E-state index in [2.05, 4.69) is 4.99 Å². The van der Waals surface area contributed by atoms with Crippen molar-refractivity contribution in [2.24, 2.45) is 4.99 Å². The molecule has 2 nitrogen and oxygen atoms in total. The van der Waals surface area contributed by atoms with Crippen molar-refractivity contribution in [3.05, 3.63) is 35.4 Å². The van der Waals surface area contributed by atoms with Crippen LogP contribution in [0.5, 0.6) is 0 Å². The zero-order chi connectivity index (χ0) is 12.0. The number of benzene rings is 1. The van der Waals surface area contributed by atoms with Crippen molar-refractivity contribution >= 4 is 12.1 Å². The fourth-order valence-corrected chi connectivity index (χ4v) is 1.15. The third-order valence-corrected chi connectivity index (χ3v) is 2.07. The third kappa shape index (κ3) is 3.53. The van der Waals surface area contributed by atoms with Crippen LogP contribution in [0.25, 0.3) is 0 Å². The lowest BCUT2D eigenvalue weighted by Crippen LogP contribution is -1.96. The standard InChI is InChI=1S/C12H14F2N2/c1-2-3-8-16-12(15)10-6-4-9(5-7-10)11(13)14/h4-8,11,15H,2-3H2,1H3/b15-12?,16-8-. The van der Waals surface area contributed by atoms with Gasteiger partial charge in [0.15, 0.2) is 5.84 Å². The van der Waals surface area contributed by atoms with Gasteiger partial charge in [0.05, 0.1) is 0 Å². The number of nitrogens with zero attached hydrogens (tertiary/aromatic N) is 1. The first kappa shape index (κ1) is 12.5. The van der Waals surface area contributed by atoms with Gasteiger partial charge < -0.3 is 0 Å². The van der Waals surface area contributed by atoms with Crippen molar-refractivity contribution in [1.29, 1.82) is 5.41 Å². The molecule has 0 aliphatic rings. The third-order valence-electron chi connectivity index (χ3n) is 2.07. The van der Waals surface area contributed by atoms with Crippen LogP contribution in [-0.4, -0.2) is 12.1 Å². The van der Waals surface area contributed by atoms with Gasteiger partial charge in [0, 0.05) is 17.3 Å². The average Bonchev–Trinajstić information content (AvgIpc) is 2.29. The highest BCUT2D eigenvalue weighted by atomic mass is 19.3. The van der Waals surface area contributed by atoms with E-state index in [0.717, 1.165) is 12.8 Å². The molecule has 1 aromatic rings. The van der Waals surface area contributed by atoms with Gasteiger partial charge in [-0.3, -0.25) is 5.41 Å². The Kier molecular flexibility index (Phi) is 4.76. The van der Waals surface area contributed by atoms with Crippen LogP contribution >= 0.6 is 0 Å². The van der Waals surface area contributed by atoms with Crippen LogP contribution in [0, 0.1) is 5.41 Å². The van der Waals surface area contributed by atoms with Crippen LogP contribution in [0.2, 0.25) is 0 Å². The molecule has 0 spiro atoms. The number of halogens is 2. The molecule has 0 aliphatic carbocycles. The maximum absolute atomic E-state index is 12.3. The summed E-state index contributed by atoms with van der Waals surface area (Å²) < 4.78 is 24.5. The van der Waals surface area contributed by atoms with Gasteiger partial charge in [-0.2, -0.15) is 0 Å². The lowest BCUT2D eigenvalue weighted by molar-refractivity contribution is 0.151. The molecular formula is C12H14F2N2. The molecule has 1 N–H and O–H groups in total. The summed E-state index contributed by atoms with van der Waals surface area (Å²) in [6.07, 6.45) is 0.994. The minimum Gasteiger partial charge on any atom is -0.282 e. The summed E-state index contributed by atoms with van der Waals surface area (Å²) in [6, 6.07) is 5.63. The fourth-order valence-electron chi connectivity index (χ4n) is 1.15. The highest BCUT2D eigenvalue weighted by Crippen LogP contribution is 2.18. The molecule has 86 valence electrons. The van der Waals surface area contributed by atoms with Crippen LogP contribution in [0.1, 0.15) is 37.3 Å². The summed E-state index contributed by atoms with van der Waals surface area (Å²) in [7, 11) is 0. The first-order valence-corrected chi connectivity index (χ1v) is 5.14. The van der Waals surface area contributed by atoms with Crippen molar-refractivity contribution in [3.63, 3.8) is 0 Å². The molecule has 0 atom stereocenters. The quantitative estimate of drug-likeness (QED) is 0.596. The van der Waals surface area contributed by atoms with Gasteiger partial charge in [0.2, 0.25) is 0 Å². The lowest BCUT2D eigenvalue weighted by Gasteiger charge is -2.01. The predicted molar refractivity (Wildman–Crippen MR) is 61.6 cm³/mol. The maximum Gasteiger partial charge on any atom is 0.263 e. The van der Waals surface area contributed by atoms with Crippen LogP contribution in [0.3, 0.4) is 0 Å². The van der Waals surface area contributed by atoms with E-state index in [1.807, 2.05) is 6.92 Å². The fraction of sp³-hybridized carbons (Fsp3) is 0.333. The lowest BCUT2D eigenvalue weighted by atomic mass is 10.1. The van der Waals surface area contributed by atoms with Gasteiger partial charge in [0.25, 0.3) is 6.43 Å². The van der Waals surface area contributed by atoms with E-state index in [1.165, 1.54) is 24.3 Å². The normalized spacial score (nSPS) is 11.2. The number of aliphatic imine (C=N–C) groups is 1. The van der Waals surface area contributed by atoms with E-state index >= 15 is 0 Å². The Morgan fingerprint density at radius 1 is 1.38 bits per heavy atom. The molecule has 1 rings (SSSR count). The Hall–Kier alpha value is -1.58. The summed E-state index contributed by atoms with van der Waals surface area (Å²) in [4.78, 5) is 3.93. The summed E-state index contributed by atoms with van der Waals surface area (Å²) in [5, 5.41) is 7.60. The molecular weight excluding hydrogens is 210 g/mol. The molecule has 0 aromatic heterocycles. The average molecular weight is 224 g/mol. The van der Waals surface area contributed by atoms with Crippen molar-refractivity contribution in [2.45, 2.75) is 26.2 Å². The number of hydrogen-bond donors (Lipinski definition) is 1. The number of hydrogen-bond acceptors (Lipinski definition) is 1. The van der Waals surface area contributed by atoms with E-state index in [0.29, 0.717) is 5.56 Å².